The maximum atomic E-state index is 11.8. The fourth-order valence-corrected chi connectivity index (χ4v) is 2.06. The molecule has 0 radical (unpaired) electrons. The lowest BCUT2D eigenvalue weighted by Crippen LogP contribution is -2.46. The fraction of sp³-hybridized carbons (Fsp3) is 0.429. The molecular formula is C14H17NO4. The lowest BCUT2D eigenvalue weighted by Gasteiger charge is -2.30. The summed E-state index contributed by atoms with van der Waals surface area (Å²) in [7, 11) is 1.36. The number of hydrogen-bond donors (Lipinski definition) is 1. The monoisotopic (exact) mass is 263 g/mol. The van der Waals surface area contributed by atoms with Crippen LogP contribution < -0.4 is 5.32 Å². The first-order chi connectivity index (χ1) is 9.20. The molecule has 0 unspecified atom stereocenters. The van der Waals surface area contributed by atoms with Gasteiger partial charge in [-0.2, -0.15) is 0 Å². The first kappa shape index (κ1) is 13.5. The van der Waals surface area contributed by atoms with Crippen molar-refractivity contribution in [3.8, 4) is 0 Å². The molecule has 0 bridgehead atoms. The summed E-state index contributed by atoms with van der Waals surface area (Å²) in [6.45, 7) is 0.291. The van der Waals surface area contributed by atoms with Crippen LogP contribution in [0, 0.1) is 0 Å². The van der Waals surface area contributed by atoms with E-state index in [-0.39, 0.29) is 18.0 Å². The summed E-state index contributed by atoms with van der Waals surface area (Å²) in [5.41, 5.74) is 0.871. The van der Waals surface area contributed by atoms with Crippen molar-refractivity contribution in [2.45, 2.75) is 24.9 Å². The molecule has 5 heteroatoms. The van der Waals surface area contributed by atoms with Crippen LogP contribution in [-0.4, -0.2) is 31.7 Å². The molecule has 0 aliphatic carbocycles. The van der Waals surface area contributed by atoms with Gasteiger partial charge < -0.3 is 9.47 Å². The summed E-state index contributed by atoms with van der Waals surface area (Å²) >= 11 is 0. The molecule has 1 aromatic rings. The van der Waals surface area contributed by atoms with Crippen LogP contribution in [0.4, 0.5) is 0 Å². The number of ether oxygens (including phenoxy) is 2. The second-order valence-corrected chi connectivity index (χ2v) is 4.45. The Bertz CT molecular complexity index is 446. The zero-order valence-electron chi connectivity index (χ0n) is 10.8. The highest BCUT2D eigenvalue weighted by molar-refractivity contribution is 5.78. The average molecular weight is 263 g/mol. The Morgan fingerprint density at radius 1 is 1.42 bits per heavy atom. The van der Waals surface area contributed by atoms with Crippen LogP contribution in [-0.2, 0) is 19.1 Å². The van der Waals surface area contributed by atoms with Gasteiger partial charge in [-0.25, -0.2) is 4.79 Å². The van der Waals surface area contributed by atoms with Crippen molar-refractivity contribution in [2.24, 2.45) is 0 Å². The van der Waals surface area contributed by atoms with Crippen LogP contribution in [0.2, 0.25) is 0 Å². The van der Waals surface area contributed by atoms with E-state index in [1.165, 1.54) is 7.11 Å². The van der Waals surface area contributed by atoms with Crippen LogP contribution in [0.15, 0.2) is 30.3 Å². The predicted molar refractivity (Wildman–Crippen MR) is 68.3 cm³/mol. The van der Waals surface area contributed by atoms with Gasteiger partial charge in [0.05, 0.1) is 7.11 Å². The Morgan fingerprint density at radius 2 is 2.16 bits per heavy atom. The zero-order valence-corrected chi connectivity index (χ0v) is 10.8. The minimum absolute atomic E-state index is 0.0259. The number of methoxy groups -OCH3 is 1. The van der Waals surface area contributed by atoms with Gasteiger partial charge in [-0.05, 0) is 12.0 Å². The van der Waals surface area contributed by atoms with E-state index in [0.717, 1.165) is 5.56 Å². The molecule has 0 saturated carbocycles. The maximum absolute atomic E-state index is 11.8. The molecule has 102 valence electrons. The molecule has 5 nitrogen and oxygen atoms in total. The van der Waals surface area contributed by atoms with Gasteiger partial charge in [-0.1, -0.05) is 30.3 Å². The Hall–Kier alpha value is -1.88. The van der Waals surface area contributed by atoms with Gasteiger partial charge in [0.2, 0.25) is 0 Å². The number of cyclic esters (lactones) is 1. The molecule has 2 rings (SSSR count). The fourth-order valence-electron chi connectivity index (χ4n) is 2.06. The minimum Gasteiger partial charge on any atom is -0.469 e. The number of nitrogens with one attached hydrogen (secondary N) is 1. The lowest BCUT2D eigenvalue weighted by molar-refractivity contribution is -0.152. The second kappa shape index (κ2) is 6.33. The largest absolute Gasteiger partial charge is 0.469 e. The average Bonchev–Trinajstić information content (AvgIpc) is 2.47. The molecule has 1 aliphatic rings. The van der Waals surface area contributed by atoms with Crippen LogP contribution in [0.1, 0.15) is 24.4 Å². The van der Waals surface area contributed by atoms with E-state index in [1.807, 2.05) is 30.3 Å². The van der Waals surface area contributed by atoms with Crippen LogP contribution in [0.3, 0.4) is 0 Å². The van der Waals surface area contributed by atoms with Crippen molar-refractivity contribution in [3.05, 3.63) is 35.9 Å². The van der Waals surface area contributed by atoms with E-state index >= 15 is 0 Å². The van der Waals surface area contributed by atoms with E-state index in [1.54, 1.807) is 0 Å². The van der Waals surface area contributed by atoms with Crippen LogP contribution in [0.5, 0.6) is 0 Å². The number of hydrogen-bond acceptors (Lipinski definition) is 5. The number of carbonyl (C=O) groups excluding carboxylic acids is 2. The summed E-state index contributed by atoms with van der Waals surface area (Å²) in [5, 5.41) is 3.22. The van der Waals surface area contributed by atoms with Gasteiger partial charge in [-0.3, -0.25) is 10.1 Å². The normalized spacial score (nSPS) is 22.7. The highest BCUT2D eigenvalue weighted by Gasteiger charge is 2.30. The summed E-state index contributed by atoms with van der Waals surface area (Å²) in [5.74, 6) is -0.532. The maximum Gasteiger partial charge on any atom is 0.327 e. The number of rotatable bonds is 4. The molecule has 0 amide bonds. The molecule has 1 saturated heterocycles. The molecule has 1 aromatic carbocycles. The molecule has 1 aliphatic heterocycles. The van der Waals surface area contributed by atoms with E-state index in [4.69, 9.17) is 4.74 Å². The molecule has 19 heavy (non-hydrogen) atoms. The molecule has 1 heterocycles. The van der Waals surface area contributed by atoms with Gasteiger partial charge in [-0.15, -0.1) is 0 Å². The number of carbonyl (C=O) groups is 2. The molecule has 1 N–H and O–H groups in total. The van der Waals surface area contributed by atoms with Crippen molar-refractivity contribution in [2.75, 3.05) is 13.7 Å². The Morgan fingerprint density at radius 3 is 2.84 bits per heavy atom. The first-order valence-corrected chi connectivity index (χ1v) is 6.25. The predicted octanol–water partition coefficient (Wildman–Crippen LogP) is 1.20. The summed E-state index contributed by atoms with van der Waals surface area (Å²) < 4.78 is 9.77. The topological polar surface area (TPSA) is 64.6 Å². The molecule has 2 atom stereocenters. The molecule has 0 aromatic heterocycles. The van der Waals surface area contributed by atoms with E-state index < -0.39 is 6.04 Å². The third-order valence-electron chi connectivity index (χ3n) is 3.12. The third-order valence-corrected chi connectivity index (χ3v) is 3.12. The zero-order chi connectivity index (χ0) is 13.7. The highest BCUT2D eigenvalue weighted by atomic mass is 16.5. The van der Waals surface area contributed by atoms with Crippen LogP contribution in [0.25, 0.3) is 0 Å². The van der Waals surface area contributed by atoms with E-state index in [2.05, 4.69) is 10.1 Å². The Labute approximate surface area is 111 Å². The SMILES string of the molecule is COC(=O)CC[C@H]1COC(=O)[C@H](c2ccccc2)N1. The number of esters is 2. The Balaban J connectivity index is 1.97. The van der Waals surface area contributed by atoms with Gasteiger partial charge in [0.25, 0.3) is 0 Å². The minimum atomic E-state index is -0.461. The summed E-state index contributed by atoms with van der Waals surface area (Å²) in [6.07, 6.45) is 0.899. The van der Waals surface area contributed by atoms with Gasteiger partial charge in [0, 0.05) is 12.5 Å². The smallest absolute Gasteiger partial charge is 0.327 e. The molecule has 1 fully saturated rings. The van der Waals surface area contributed by atoms with Crippen molar-refractivity contribution >= 4 is 11.9 Å². The lowest BCUT2D eigenvalue weighted by atomic mass is 10.0. The standard InChI is InChI=1S/C14H17NO4/c1-18-12(16)8-7-11-9-19-14(17)13(15-11)10-5-3-2-4-6-10/h2-6,11,13,15H,7-9H2,1H3/t11-,13-/m0/s1. The number of benzene rings is 1. The quantitative estimate of drug-likeness (QED) is 0.827. The van der Waals surface area contributed by atoms with Crippen molar-refractivity contribution in [1.29, 1.82) is 0 Å². The van der Waals surface area contributed by atoms with Crippen molar-refractivity contribution in [3.63, 3.8) is 0 Å². The molecular weight excluding hydrogens is 246 g/mol. The van der Waals surface area contributed by atoms with Gasteiger partial charge in [0.1, 0.15) is 12.6 Å². The number of morpholine rings is 1. The first-order valence-electron chi connectivity index (χ1n) is 6.25. The Kier molecular flexibility index (Phi) is 4.52. The summed E-state index contributed by atoms with van der Waals surface area (Å²) in [4.78, 5) is 22.9. The third kappa shape index (κ3) is 3.54. The summed E-state index contributed by atoms with van der Waals surface area (Å²) in [6, 6.07) is 8.92. The van der Waals surface area contributed by atoms with E-state index in [9.17, 15) is 9.59 Å². The molecule has 0 spiro atoms. The second-order valence-electron chi connectivity index (χ2n) is 4.45. The van der Waals surface area contributed by atoms with Crippen molar-refractivity contribution < 1.29 is 19.1 Å². The van der Waals surface area contributed by atoms with Gasteiger partial charge in [0.15, 0.2) is 0 Å². The van der Waals surface area contributed by atoms with E-state index in [0.29, 0.717) is 19.4 Å². The van der Waals surface area contributed by atoms with Gasteiger partial charge >= 0.3 is 11.9 Å². The van der Waals surface area contributed by atoms with Crippen molar-refractivity contribution in [1.82, 2.24) is 5.32 Å². The highest BCUT2D eigenvalue weighted by Crippen LogP contribution is 2.20. The van der Waals surface area contributed by atoms with Crippen LogP contribution >= 0.6 is 0 Å².